The van der Waals surface area contributed by atoms with E-state index in [9.17, 15) is 4.79 Å². The molecule has 4 nitrogen and oxygen atoms in total. The van der Waals surface area contributed by atoms with E-state index in [4.69, 9.17) is 4.74 Å². The molecule has 1 aromatic heterocycles. The second kappa shape index (κ2) is 16.2. The maximum Gasteiger partial charge on any atom is 0.337 e. The van der Waals surface area contributed by atoms with Crippen molar-refractivity contribution in [1.29, 1.82) is 0 Å². The van der Waals surface area contributed by atoms with E-state index >= 15 is 0 Å². The molecule has 170 valence electrons. The number of hydrogen-bond acceptors (Lipinski definition) is 3. The summed E-state index contributed by atoms with van der Waals surface area (Å²) in [6.07, 6.45) is 20.2. The van der Waals surface area contributed by atoms with E-state index in [1.807, 2.05) is 12.1 Å². The number of nitrogens with one attached hydrogen (secondary N) is 1. The van der Waals surface area contributed by atoms with Crippen LogP contribution in [0.3, 0.4) is 0 Å². The Bertz CT molecular complexity index is 714. The maximum atomic E-state index is 11.6. The molecule has 5 heteroatoms. The minimum Gasteiger partial charge on any atom is -0.465 e. The Labute approximate surface area is 189 Å². The van der Waals surface area contributed by atoms with Gasteiger partial charge in [0.15, 0.2) is 0 Å². The predicted octanol–water partition coefficient (Wildman–Crippen LogP) is 7.80. The van der Waals surface area contributed by atoms with Crippen molar-refractivity contribution in [3.63, 3.8) is 0 Å². The van der Waals surface area contributed by atoms with Crippen LogP contribution in [0.1, 0.15) is 113 Å². The van der Waals surface area contributed by atoms with Gasteiger partial charge in [-0.1, -0.05) is 90.4 Å². The number of fused-ring (bicyclic) bond motifs is 1. The zero-order valence-corrected chi connectivity index (χ0v) is 19.8. The highest BCUT2D eigenvalue weighted by Crippen LogP contribution is 2.17. The minimum absolute atomic E-state index is 0. The molecule has 0 aliphatic carbocycles. The molecule has 0 aliphatic heterocycles. The molecular formula is C25H41ClN2O2. The summed E-state index contributed by atoms with van der Waals surface area (Å²) in [4.78, 5) is 19.6. The van der Waals surface area contributed by atoms with Crippen LogP contribution in [0.15, 0.2) is 18.2 Å². The van der Waals surface area contributed by atoms with Gasteiger partial charge < -0.3 is 9.72 Å². The van der Waals surface area contributed by atoms with Gasteiger partial charge in [-0.15, -0.1) is 12.4 Å². The molecule has 1 aromatic carbocycles. The van der Waals surface area contributed by atoms with E-state index in [-0.39, 0.29) is 18.4 Å². The van der Waals surface area contributed by atoms with E-state index < -0.39 is 0 Å². The van der Waals surface area contributed by atoms with Crippen molar-refractivity contribution in [2.75, 3.05) is 7.11 Å². The number of rotatable bonds is 16. The molecule has 2 rings (SSSR count). The van der Waals surface area contributed by atoms with Crippen molar-refractivity contribution in [3.8, 4) is 0 Å². The highest BCUT2D eigenvalue weighted by atomic mass is 35.5. The number of methoxy groups -OCH3 is 1. The van der Waals surface area contributed by atoms with Crippen LogP contribution in [0.4, 0.5) is 0 Å². The molecule has 0 aliphatic rings. The number of esters is 1. The number of aromatic amines is 1. The van der Waals surface area contributed by atoms with Gasteiger partial charge in [0.1, 0.15) is 5.82 Å². The van der Waals surface area contributed by atoms with Crippen LogP contribution in [-0.2, 0) is 11.2 Å². The fraction of sp³-hybridized carbons (Fsp3) is 0.680. The zero-order valence-electron chi connectivity index (χ0n) is 19.0. The van der Waals surface area contributed by atoms with E-state index in [0.29, 0.717) is 5.56 Å². The quantitative estimate of drug-likeness (QED) is 0.215. The first-order valence-corrected chi connectivity index (χ1v) is 11.8. The number of nitrogens with zero attached hydrogens (tertiary/aromatic N) is 1. The average molecular weight is 437 g/mol. The lowest BCUT2D eigenvalue weighted by Crippen LogP contribution is -2.00. The van der Waals surface area contributed by atoms with Gasteiger partial charge in [-0.3, -0.25) is 0 Å². The van der Waals surface area contributed by atoms with Gasteiger partial charge in [0, 0.05) is 6.42 Å². The number of hydrogen-bond donors (Lipinski definition) is 1. The molecule has 0 bridgehead atoms. The first kappa shape index (κ1) is 26.5. The number of halogens is 1. The second-order valence-corrected chi connectivity index (χ2v) is 8.25. The summed E-state index contributed by atoms with van der Waals surface area (Å²) >= 11 is 0. The number of benzene rings is 1. The Hall–Kier alpha value is -1.55. The van der Waals surface area contributed by atoms with E-state index in [0.717, 1.165) is 23.3 Å². The Balaban J connectivity index is 0.00000450. The molecule has 0 saturated heterocycles. The number of aryl methyl sites for hydroxylation is 1. The Morgan fingerprint density at radius 3 is 1.93 bits per heavy atom. The van der Waals surface area contributed by atoms with Crippen LogP contribution in [0, 0.1) is 0 Å². The molecule has 2 aromatic rings. The predicted molar refractivity (Wildman–Crippen MR) is 129 cm³/mol. The van der Waals surface area contributed by atoms with E-state index in [2.05, 4.69) is 16.9 Å². The average Bonchev–Trinajstić information content (AvgIpc) is 3.15. The number of carbonyl (C=O) groups excluding carboxylic acids is 1. The van der Waals surface area contributed by atoms with Crippen molar-refractivity contribution in [2.45, 2.75) is 103 Å². The SMILES string of the molecule is CCCCCCCCCCCCCCCCc1nc2ccc(C(=O)OC)cc2[nH]1.Cl. The number of aromatic nitrogens is 2. The molecule has 0 unspecified atom stereocenters. The normalized spacial score (nSPS) is 10.9. The van der Waals surface area contributed by atoms with Gasteiger partial charge in [-0.05, 0) is 24.6 Å². The van der Waals surface area contributed by atoms with Gasteiger partial charge in [0.05, 0.1) is 23.7 Å². The van der Waals surface area contributed by atoms with Crippen LogP contribution in [0.5, 0.6) is 0 Å². The highest BCUT2D eigenvalue weighted by molar-refractivity contribution is 5.93. The Morgan fingerprint density at radius 2 is 1.40 bits per heavy atom. The molecule has 0 amide bonds. The van der Waals surface area contributed by atoms with Gasteiger partial charge in [-0.25, -0.2) is 9.78 Å². The maximum absolute atomic E-state index is 11.6. The number of imidazole rings is 1. The third kappa shape index (κ3) is 9.97. The summed E-state index contributed by atoms with van der Waals surface area (Å²) in [5.74, 6) is 0.705. The van der Waals surface area contributed by atoms with Crippen molar-refractivity contribution >= 4 is 29.4 Å². The van der Waals surface area contributed by atoms with Crippen molar-refractivity contribution in [2.24, 2.45) is 0 Å². The van der Waals surface area contributed by atoms with Crippen LogP contribution >= 0.6 is 12.4 Å². The molecule has 30 heavy (non-hydrogen) atoms. The molecule has 1 N–H and O–H groups in total. The molecule has 0 fully saturated rings. The first-order valence-electron chi connectivity index (χ1n) is 11.8. The number of ether oxygens (including phenoxy) is 1. The summed E-state index contributed by atoms with van der Waals surface area (Å²) in [6, 6.07) is 5.47. The molecule has 0 spiro atoms. The van der Waals surface area contributed by atoms with Crippen LogP contribution in [0.25, 0.3) is 11.0 Å². The molecule has 0 atom stereocenters. The fourth-order valence-electron chi connectivity index (χ4n) is 3.91. The first-order chi connectivity index (χ1) is 14.2. The molecule has 1 heterocycles. The monoisotopic (exact) mass is 436 g/mol. The molecule has 0 saturated carbocycles. The Kier molecular flexibility index (Phi) is 14.3. The molecular weight excluding hydrogens is 396 g/mol. The topological polar surface area (TPSA) is 55.0 Å². The second-order valence-electron chi connectivity index (χ2n) is 8.25. The van der Waals surface area contributed by atoms with Crippen LogP contribution in [0.2, 0.25) is 0 Å². The fourth-order valence-corrected chi connectivity index (χ4v) is 3.91. The Morgan fingerprint density at radius 1 is 0.867 bits per heavy atom. The van der Waals surface area contributed by atoms with Gasteiger partial charge >= 0.3 is 5.97 Å². The lowest BCUT2D eigenvalue weighted by Gasteiger charge is -2.03. The smallest absolute Gasteiger partial charge is 0.337 e. The van der Waals surface area contributed by atoms with E-state index in [1.165, 1.54) is 97.0 Å². The lowest BCUT2D eigenvalue weighted by molar-refractivity contribution is 0.0601. The number of carbonyl (C=O) groups is 1. The van der Waals surface area contributed by atoms with Crippen LogP contribution < -0.4 is 0 Å². The molecule has 0 radical (unpaired) electrons. The largest absolute Gasteiger partial charge is 0.465 e. The highest BCUT2D eigenvalue weighted by Gasteiger charge is 2.08. The summed E-state index contributed by atoms with van der Waals surface area (Å²) in [5.41, 5.74) is 2.39. The third-order valence-corrected chi connectivity index (χ3v) is 5.72. The standard InChI is InChI=1S/C25H40N2O2.ClH/c1-3-4-5-6-7-8-9-10-11-12-13-14-15-16-17-24-26-22-19-18-21(25(28)29-2)20-23(22)27-24;/h18-20H,3-17H2,1-2H3,(H,26,27);1H. The third-order valence-electron chi connectivity index (χ3n) is 5.72. The number of H-pyrrole nitrogens is 1. The zero-order chi connectivity index (χ0) is 20.7. The van der Waals surface area contributed by atoms with Crippen molar-refractivity contribution in [3.05, 3.63) is 29.6 Å². The van der Waals surface area contributed by atoms with E-state index in [1.54, 1.807) is 6.07 Å². The van der Waals surface area contributed by atoms with Crippen molar-refractivity contribution < 1.29 is 9.53 Å². The summed E-state index contributed by atoms with van der Waals surface area (Å²) < 4.78 is 4.78. The summed E-state index contributed by atoms with van der Waals surface area (Å²) in [6.45, 7) is 2.28. The number of unbranched alkanes of at least 4 members (excludes halogenated alkanes) is 13. The lowest BCUT2D eigenvalue weighted by atomic mass is 10.0. The van der Waals surface area contributed by atoms with Gasteiger partial charge in [0.25, 0.3) is 0 Å². The van der Waals surface area contributed by atoms with Gasteiger partial charge in [0.2, 0.25) is 0 Å². The van der Waals surface area contributed by atoms with Crippen molar-refractivity contribution in [1.82, 2.24) is 9.97 Å². The van der Waals surface area contributed by atoms with Crippen LogP contribution in [-0.4, -0.2) is 23.0 Å². The minimum atomic E-state index is -0.310. The summed E-state index contributed by atoms with van der Waals surface area (Å²) in [5, 5.41) is 0. The van der Waals surface area contributed by atoms with Gasteiger partial charge in [-0.2, -0.15) is 0 Å². The summed E-state index contributed by atoms with van der Waals surface area (Å²) in [7, 11) is 1.40.